The Balaban J connectivity index is 1.37. The molecule has 0 radical (unpaired) electrons. The molecule has 6 rings (SSSR count). The quantitative estimate of drug-likeness (QED) is 0.440. The number of pyridine rings is 1. The number of rotatable bonds is 5. The molecular weight excluding hydrogens is 398 g/mol. The third kappa shape index (κ3) is 3.26. The number of hydrogen-bond donors (Lipinski definition) is 1. The first kappa shape index (κ1) is 18.9. The SMILES string of the molecule is Cc1cc(C)c2nc(C3CC3)n(Cc3ccc(-c4ccccc4-c4nnn[nH]4)cc3)c2n1. The van der Waals surface area contributed by atoms with Gasteiger partial charge in [0.25, 0.3) is 0 Å². The summed E-state index contributed by atoms with van der Waals surface area (Å²) in [7, 11) is 0. The Morgan fingerprint density at radius 1 is 0.969 bits per heavy atom. The van der Waals surface area contributed by atoms with E-state index in [0.29, 0.717) is 11.7 Å². The molecule has 0 saturated heterocycles. The van der Waals surface area contributed by atoms with Crippen molar-refractivity contribution in [1.29, 1.82) is 0 Å². The van der Waals surface area contributed by atoms with E-state index in [1.54, 1.807) is 0 Å². The monoisotopic (exact) mass is 421 g/mol. The molecule has 0 amide bonds. The molecule has 5 aromatic rings. The third-order valence-corrected chi connectivity index (χ3v) is 6.13. The van der Waals surface area contributed by atoms with Gasteiger partial charge in [0, 0.05) is 17.2 Å². The maximum Gasteiger partial charge on any atom is 0.180 e. The van der Waals surface area contributed by atoms with Gasteiger partial charge in [-0.3, -0.25) is 0 Å². The first-order chi connectivity index (χ1) is 15.7. The van der Waals surface area contributed by atoms with Gasteiger partial charge in [0.1, 0.15) is 11.3 Å². The highest BCUT2D eigenvalue weighted by atomic mass is 15.5. The highest BCUT2D eigenvalue weighted by Gasteiger charge is 2.30. The minimum absolute atomic E-state index is 0.561. The van der Waals surface area contributed by atoms with Crippen LogP contribution in [0, 0.1) is 13.8 Å². The lowest BCUT2D eigenvalue weighted by molar-refractivity contribution is 0.739. The molecule has 0 unspecified atom stereocenters. The number of tetrazole rings is 1. The molecular formula is C25H23N7. The number of benzene rings is 2. The van der Waals surface area contributed by atoms with Crippen molar-refractivity contribution < 1.29 is 0 Å². The fraction of sp³-hybridized carbons (Fsp3) is 0.240. The Hall–Kier alpha value is -3.87. The van der Waals surface area contributed by atoms with E-state index in [-0.39, 0.29) is 0 Å². The molecule has 158 valence electrons. The van der Waals surface area contributed by atoms with E-state index in [1.807, 2.05) is 18.2 Å². The van der Waals surface area contributed by atoms with Crippen molar-refractivity contribution in [1.82, 2.24) is 35.2 Å². The van der Waals surface area contributed by atoms with Crippen LogP contribution in [0.25, 0.3) is 33.7 Å². The van der Waals surface area contributed by atoms with Gasteiger partial charge in [-0.05, 0) is 65.4 Å². The Kier molecular flexibility index (Phi) is 4.35. The van der Waals surface area contributed by atoms with Crippen LogP contribution in [-0.4, -0.2) is 35.2 Å². The molecule has 2 aromatic carbocycles. The van der Waals surface area contributed by atoms with Crippen LogP contribution in [0.3, 0.4) is 0 Å². The van der Waals surface area contributed by atoms with Crippen molar-refractivity contribution in [2.45, 2.75) is 39.2 Å². The lowest BCUT2D eigenvalue weighted by Crippen LogP contribution is -2.05. The summed E-state index contributed by atoms with van der Waals surface area (Å²) in [6.45, 7) is 4.95. The normalized spacial score (nSPS) is 13.7. The molecule has 3 aromatic heterocycles. The number of fused-ring (bicyclic) bond motifs is 1. The van der Waals surface area contributed by atoms with Crippen molar-refractivity contribution in [3.8, 4) is 22.5 Å². The lowest BCUT2D eigenvalue weighted by atomic mass is 9.98. The third-order valence-electron chi connectivity index (χ3n) is 6.13. The molecule has 7 nitrogen and oxygen atoms in total. The second-order valence-corrected chi connectivity index (χ2v) is 8.58. The summed E-state index contributed by atoms with van der Waals surface area (Å²) in [5.74, 6) is 2.40. The summed E-state index contributed by atoms with van der Waals surface area (Å²) in [5.41, 5.74) is 8.70. The Labute approximate surface area is 185 Å². The molecule has 3 heterocycles. The van der Waals surface area contributed by atoms with E-state index in [9.17, 15) is 0 Å². The van der Waals surface area contributed by atoms with E-state index >= 15 is 0 Å². The molecule has 1 aliphatic carbocycles. The van der Waals surface area contributed by atoms with Crippen molar-refractivity contribution in [2.24, 2.45) is 0 Å². The van der Waals surface area contributed by atoms with Gasteiger partial charge in [0.15, 0.2) is 11.5 Å². The van der Waals surface area contributed by atoms with Gasteiger partial charge in [-0.15, -0.1) is 5.10 Å². The van der Waals surface area contributed by atoms with Crippen LogP contribution in [-0.2, 0) is 6.54 Å². The molecule has 0 atom stereocenters. The summed E-state index contributed by atoms with van der Waals surface area (Å²) in [5, 5.41) is 14.4. The van der Waals surface area contributed by atoms with Crippen molar-refractivity contribution in [3.05, 3.63) is 77.2 Å². The zero-order chi connectivity index (χ0) is 21.7. The summed E-state index contributed by atoms with van der Waals surface area (Å²) in [6, 6.07) is 19.0. The van der Waals surface area contributed by atoms with E-state index in [2.05, 4.69) is 75.4 Å². The first-order valence-corrected chi connectivity index (χ1v) is 10.9. The van der Waals surface area contributed by atoms with Crippen LogP contribution in [0.1, 0.15) is 41.4 Å². The van der Waals surface area contributed by atoms with Gasteiger partial charge in [-0.25, -0.2) is 15.1 Å². The second-order valence-electron chi connectivity index (χ2n) is 8.58. The second kappa shape index (κ2) is 7.37. The molecule has 0 spiro atoms. The van der Waals surface area contributed by atoms with E-state index in [4.69, 9.17) is 9.97 Å². The largest absolute Gasteiger partial charge is 0.308 e. The fourth-order valence-corrected chi connectivity index (χ4v) is 4.42. The number of aromatic amines is 1. The van der Waals surface area contributed by atoms with Crippen LogP contribution in [0.5, 0.6) is 0 Å². The highest BCUT2D eigenvalue weighted by molar-refractivity contribution is 5.80. The van der Waals surface area contributed by atoms with E-state index in [1.165, 1.54) is 29.8 Å². The molecule has 1 N–H and O–H groups in total. The van der Waals surface area contributed by atoms with Crippen LogP contribution in [0.4, 0.5) is 0 Å². The Morgan fingerprint density at radius 2 is 1.75 bits per heavy atom. The zero-order valence-corrected chi connectivity index (χ0v) is 18.1. The molecule has 7 heteroatoms. The zero-order valence-electron chi connectivity index (χ0n) is 18.1. The smallest absolute Gasteiger partial charge is 0.180 e. The molecule has 1 fully saturated rings. The average molecular weight is 422 g/mol. The highest BCUT2D eigenvalue weighted by Crippen LogP contribution is 2.41. The number of H-pyrrole nitrogens is 1. The van der Waals surface area contributed by atoms with Gasteiger partial charge in [0.05, 0.1) is 6.54 Å². The summed E-state index contributed by atoms with van der Waals surface area (Å²) in [6.07, 6.45) is 2.43. The lowest BCUT2D eigenvalue weighted by Gasteiger charge is -2.11. The van der Waals surface area contributed by atoms with E-state index < -0.39 is 0 Å². The average Bonchev–Trinajstić information content (AvgIpc) is 3.37. The summed E-state index contributed by atoms with van der Waals surface area (Å²) < 4.78 is 2.32. The number of aryl methyl sites for hydroxylation is 2. The minimum atomic E-state index is 0.561. The number of imidazole rings is 1. The predicted molar refractivity (Wildman–Crippen MR) is 123 cm³/mol. The van der Waals surface area contributed by atoms with Crippen molar-refractivity contribution in [2.75, 3.05) is 0 Å². The van der Waals surface area contributed by atoms with Gasteiger partial charge in [0.2, 0.25) is 0 Å². The number of nitrogens with one attached hydrogen (secondary N) is 1. The molecule has 1 saturated carbocycles. The number of aromatic nitrogens is 7. The number of hydrogen-bond acceptors (Lipinski definition) is 5. The van der Waals surface area contributed by atoms with Gasteiger partial charge in [-0.2, -0.15) is 0 Å². The van der Waals surface area contributed by atoms with Crippen LogP contribution in [0.15, 0.2) is 54.6 Å². The van der Waals surface area contributed by atoms with Gasteiger partial charge < -0.3 is 4.57 Å². The number of nitrogens with zero attached hydrogens (tertiary/aromatic N) is 6. The van der Waals surface area contributed by atoms with Gasteiger partial charge in [-0.1, -0.05) is 48.5 Å². The maximum atomic E-state index is 4.99. The maximum absolute atomic E-state index is 4.99. The molecule has 1 aliphatic rings. The Morgan fingerprint density at radius 3 is 2.47 bits per heavy atom. The summed E-state index contributed by atoms with van der Waals surface area (Å²) in [4.78, 5) is 9.84. The Bertz CT molecular complexity index is 1410. The summed E-state index contributed by atoms with van der Waals surface area (Å²) >= 11 is 0. The standard InChI is InChI=1S/C25H23N7/c1-15-13-16(2)26-25-22(15)27-24(19-11-12-19)32(25)14-17-7-9-18(10-8-17)20-5-3-4-6-21(20)23-28-30-31-29-23/h3-10,13,19H,11-12,14H2,1-2H3,(H,28,29,30,31). The minimum Gasteiger partial charge on any atom is -0.308 e. The molecule has 0 aliphatic heterocycles. The predicted octanol–water partition coefficient (Wildman–Crippen LogP) is 4.82. The topological polar surface area (TPSA) is 85.2 Å². The van der Waals surface area contributed by atoms with Crippen molar-refractivity contribution in [3.63, 3.8) is 0 Å². The first-order valence-electron chi connectivity index (χ1n) is 10.9. The fourth-order valence-electron chi connectivity index (χ4n) is 4.42. The van der Waals surface area contributed by atoms with Gasteiger partial charge >= 0.3 is 0 Å². The molecule has 0 bridgehead atoms. The van der Waals surface area contributed by atoms with Crippen LogP contribution < -0.4 is 0 Å². The molecule has 32 heavy (non-hydrogen) atoms. The van der Waals surface area contributed by atoms with Crippen LogP contribution in [0.2, 0.25) is 0 Å². The van der Waals surface area contributed by atoms with Crippen LogP contribution >= 0.6 is 0 Å². The van der Waals surface area contributed by atoms with Crippen molar-refractivity contribution >= 4 is 11.2 Å². The van der Waals surface area contributed by atoms with E-state index in [0.717, 1.165) is 40.1 Å².